The van der Waals surface area contributed by atoms with Crippen molar-refractivity contribution in [3.63, 3.8) is 0 Å². The van der Waals surface area contributed by atoms with Crippen molar-refractivity contribution in [1.82, 2.24) is 0 Å². The van der Waals surface area contributed by atoms with Gasteiger partial charge in [-0.25, -0.2) is 0 Å². The van der Waals surface area contributed by atoms with Gasteiger partial charge in [-0.2, -0.15) is 0 Å². The highest BCUT2D eigenvalue weighted by molar-refractivity contribution is 4.70. The van der Waals surface area contributed by atoms with Gasteiger partial charge in [0.25, 0.3) is 0 Å². The van der Waals surface area contributed by atoms with Crippen LogP contribution in [0.4, 0.5) is 0 Å². The van der Waals surface area contributed by atoms with Crippen LogP contribution in [-0.2, 0) is 18.9 Å². The van der Waals surface area contributed by atoms with Crippen LogP contribution in [-0.4, -0.2) is 63.1 Å². The Morgan fingerprint density at radius 2 is 1.64 bits per heavy atom. The lowest BCUT2D eigenvalue weighted by molar-refractivity contribution is -0.0384. The van der Waals surface area contributed by atoms with Crippen LogP contribution in [0.15, 0.2) is 0 Å². The summed E-state index contributed by atoms with van der Waals surface area (Å²) in [7, 11) is 0. The number of hydrogen-bond acceptors (Lipinski definition) is 5. The summed E-state index contributed by atoms with van der Waals surface area (Å²) in [5, 5.41) is 9.56. The SMILES string of the molecule is CCC(O)CCC(C)COCCOC(C)COCC(C)CCC1CO1. The zero-order valence-corrected chi connectivity index (χ0v) is 16.7. The molecule has 0 spiro atoms. The van der Waals surface area contributed by atoms with E-state index in [1.165, 1.54) is 6.42 Å². The molecule has 1 rings (SSSR count). The van der Waals surface area contributed by atoms with Gasteiger partial charge in [0, 0.05) is 13.2 Å². The van der Waals surface area contributed by atoms with E-state index in [1.807, 2.05) is 13.8 Å². The van der Waals surface area contributed by atoms with Crippen LogP contribution in [0.2, 0.25) is 0 Å². The smallest absolute Gasteiger partial charge is 0.0810 e. The van der Waals surface area contributed by atoms with Gasteiger partial charge >= 0.3 is 0 Å². The standard InChI is InChI=1S/C20H40O5/c1-5-19(21)8-6-16(2)12-22-10-11-24-18(4)14-23-13-17(3)7-9-20-15-25-20/h16-21H,5-15H2,1-4H3. The van der Waals surface area contributed by atoms with E-state index in [1.54, 1.807) is 0 Å². The summed E-state index contributed by atoms with van der Waals surface area (Å²) < 4.78 is 22.3. The molecule has 5 atom stereocenters. The molecule has 0 aliphatic carbocycles. The summed E-state index contributed by atoms with van der Waals surface area (Å²) in [6.45, 7) is 12.8. The van der Waals surface area contributed by atoms with Crippen molar-refractivity contribution in [3.8, 4) is 0 Å². The molecular weight excluding hydrogens is 320 g/mol. The summed E-state index contributed by atoms with van der Waals surface area (Å²) in [5.74, 6) is 1.05. The van der Waals surface area contributed by atoms with Crippen molar-refractivity contribution >= 4 is 0 Å². The average Bonchev–Trinajstić information content (AvgIpc) is 3.41. The molecule has 0 aromatic rings. The maximum atomic E-state index is 9.56. The molecule has 0 aromatic carbocycles. The molecule has 1 fully saturated rings. The highest BCUT2D eigenvalue weighted by Crippen LogP contribution is 2.19. The first kappa shape index (κ1) is 22.8. The van der Waals surface area contributed by atoms with Crippen LogP contribution >= 0.6 is 0 Å². The lowest BCUT2D eigenvalue weighted by Gasteiger charge is -2.17. The molecule has 150 valence electrons. The van der Waals surface area contributed by atoms with E-state index in [9.17, 15) is 5.11 Å². The van der Waals surface area contributed by atoms with Crippen LogP contribution in [0.3, 0.4) is 0 Å². The lowest BCUT2D eigenvalue weighted by Crippen LogP contribution is -2.21. The molecule has 5 heteroatoms. The van der Waals surface area contributed by atoms with E-state index in [-0.39, 0.29) is 12.2 Å². The second-order valence-corrected chi connectivity index (χ2v) is 7.68. The number of ether oxygens (including phenoxy) is 4. The fourth-order valence-corrected chi connectivity index (χ4v) is 2.63. The van der Waals surface area contributed by atoms with Crippen molar-refractivity contribution in [2.75, 3.05) is 39.6 Å². The number of rotatable bonds is 17. The van der Waals surface area contributed by atoms with E-state index in [2.05, 4.69) is 13.8 Å². The van der Waals surface area contributed by atoms with Crippen molar-refractivity contribution in [2.24, 2.45) is 11.8 Å². The van der Waals surface area contributed by atoms with Crippen LogP contribution in [0.1, 0.15) is 59.8 Å². The predicted molar refractivity (Wildman–Crippen MR) is 99.9 cm³/mol. The Bertz CT molecular complexity index is 308. The summed E-state index contributed by atoms with van der Waals surface area (Å²) in [6.07, 6.45) is 5.46. The fourth-order valence-electron chi connectivity index (χ4n) is 2.63. The van der Waals surface area contributed by atoms with Gasteiger partial charge in [-0.1, -0.05) is 20.8 Å². The van der Waals surface area contributed by atoms with Gasteiger partial charge in [0.15, 0.2) is 0 Å². The zero-order valence-electron chi connectivity index (χ0n) is 16.7. The molecule has 0 bridgehead atoms. The highest BCUT2D eigenvalue weighted by Gasteiger charge is 2.22. The molecule has 0 amide bonds. The third kappa shape index (κ3) is 13.6. The molecule has 25 heavy (non-hydrogen) atoms. The minimum Gasteiger partial charge on any atom is -0.393 e. The maximum Gasteiger partial charge on any atom is 0.0810 e. The summed E-state index contributed by atoms with van der Waals surface area (Å²) in [6, 6.07) is 0. The predicted octanol–water partition coefficient (Wildman–Crippen LogP) is 3.43. The van der Waals surface area contributed by atoms with E-state index < -0.39 is 0 Å². The van der Waals surface area contributed by atoms with Crippen LogP contribution in [0.5, 0.6) is 0 Å². The molecule has 1 saturated heterocycles. The maximum absolute atomic E-state index is 9.56. The third-order valence-electron chi connectivity index (χ3n) is 4.64. The van der Waals surface area contributed by atoms with Crippen LogP contribution in [0, 0.1) is 11.8 Å². The van der Waals surface area contributed by atoms with Gasteiger partial charge in [0.2, 0.25) is 0 Å². The molecule has 0 radical (unpaired) electrons. The van der Waals surface area contributed by atoms with Crippen molar-refractivity contribution < 1.29 is 24.1 Å². The Kier molecular flexibility index (Phi) is 12.7. The molecule has 0 aromatic heterocycles. The zero-order chi connectivity index (χ0) is 18.5. The quantitative estimate of drug-likeness (QED) is 0.318. The molecule has 5 unspecified atom stereocenters. The van der Waals surface area contributed by atoms with Crippen molar-refractivity contribution in [2.45, 2.75) is 78.1 Å². The summed E-state index contributed by atoms with van der Waals surface area (Å²) in [5.41, 5.74) is 0. The minimum atomic E-state index is -0.170. The monoisotopic (exact) mass is 360 g/mol. The first-order valence-electron chi connectivity index (χ1n) is 10.1. The summed E-state index contributed by atoms with van der Waals surface area (Å²) in [4.78, 5) is 0. The van der Waals surface area contributed by atoms with Gasteiger partial charge in [0.1, 0.15) is 0 Å². The van der Waals surface area contributed by atoms with Gasteiger partial charge in [-0.3, -0.25) is 0 Å². The first-order valence-corrected chi connectivity index (χ1v) is 10.1. The topological polar surface area (TPSA) is 60.5 Å². The van der Waals surface area contributed by atoms with E-state index in [0.29, 0.717) is 37.8 Å². The normalized spacial score (nSPS) is 21.7. The molecular formula is C20H40O5. The lowest BCUT2D eigenvalue weighted by atomic mass is 10.0. The Balaban J connectivity index is 1.86. The van der Waals surface area contributed by atoms with Gasteiger partial charge in [0.05, 0.1) is 44.7 Å². The minimum absolute atomic E-state index is 0.0969. The van der Waals surface area contributed by atoms with E-state index in [0.717, 1.165) is 45.5 Å². The molecule has 1 aliphatic rings. The van der Waals surface area contributed by atoms with Gasteiger partial charge < -0.3 is 24.1 Å². The molecule has 5 nitrogen and oxygen atoms in total. The largest absolute Gasteiger partial charge is 0.393 e. The fraction of sp³-hybridized carbons (Fsp3) is 1.00. The Hall–Kier alpha value is -0.200. The van der Waals surface area contributed by atoms with Crippen molar-refractivity contribution in [1.29, 1.82) is 0 Å². The second kappa shape index (κ2) is 13.9. The number of hydrogen-bond donors (Lipinski definition) is 1. The van der Waals surface area contributed by atoms with E-state index in [4.69, 9.17) is 18.9 Å². The number of aliphatic hydroxyl groups excluding tert-OH is 1. The Morgan fingerprint density at radius 3 is 2.32 bits per heavy atom. The molecule has 1 aliphatic heterocycles. The number of epoxide rings is 1. The average molecular weight is 361 g/mol. The summed E-state index contributed by atoms with van der Waals surface area (Å²) >= 11 is 0. The van der Waals surface area contributed by atoms with Crippen molar-refractivity contribution in [3.05, 3.63) is 0 Å². The van der Waals surface area contributed by atoms with Crippen LogP contribution < -0.4 is 0 Å². The number of aliphatic hydroxyl groups is 1. The highest BCUT2D eigenvalue weighted by atomic mass is 16.6. The van der Waals surface area contributed by atoms with Gasteiger partial charge in [-0.05, 0) is 50.9 Å². The Labute approximate surface area is 154 Å². The molecule has 1 N–H and O–H groups in total. The van der Waals surface area contributed by atoms with E-state index >= 15 is 0 Å². The van der Waals surface area contributed by atoms with Crippen LogP contribution in [0.25, 0.3) is 0 Å². The second-order valence-electron chi connectivity index (χ2n) is 7.68. The molecule has 0 saturated carbocycles. The first-order chi connectivity index (χ1) is 12.0. The molecule has 1 heterocycles. The van der Waals surface area contributed by atoms with Gasteiger partial charge in [-0.15, -0.1) is 0 Å². The Morgan fingerprint density at radius 1 is 0.960 bits per heavy atom. The third-order valence-corrected chi connectivity index (χ3v) is 4.64.